The summed E-state index contributed by atoms with van der Waals surface area (Å²) in [6, 6.07) is 0. The zero-order valence-corrected chi connectivity index (χ0v) is 9.90. The number of rotatable bonds is 4. The highest BCUT2D eigenvalue weighted by Crippen LogP contribution is 2.21. The molecule has 0 aromatic carbocycles. The van der Waals surface area contributed by atoms with E-state index in [0.29, 0.717) is 0 Å². The quantitative estimate of drug-likeness (QED) is 0.563. The molecule has 0 atom stereocenters. The van der Waals surface area contributed by atoms with E-state index in [1.54, 1.807) is 6.08 Å². The second-order valence-electron chi connectivity index (χ2n) is 3.51. The van der Waals surface area contributed by atoms with Crippen LogP contribution >= 0.6 is 0 Å². The van der Waals surface area contributed by atoms with Crippen LogP contribution in [-0.2, 0) is 0 Å². The van der Waals surface area contributed by atoms with Crippen molar-refractivity contribution in [1.82, 2.24) is 4.90 Å². The van der Waals surface area contributed by atoms with Gasteiger partial charge in [0, 0.05) is 29.7 Å². The van der Waals surface area contributed by atoms with Crippen LogP contribution in [0.2, 0.25) is 0 Å². The van der Waals surface area contributed by atoms with Gasteiger partial charge >= 0.3 is 0 Å². The minimum absolute atomic E-state index is 0.880. The lowest BCUT2D eigenvalue weighted by Gasteiger charge is -2.22. The van der Waals surface area contributed by atoms with Gasteiger partial charge in [0.25, 0.3) is 0 Å². The zero-order chi connectivity index (χ0) is 12.0. The molecular weight excluding hydrogens is 196 g/mol. The summed E-state index contributed by atoms with van der Waals surface area (Å²) in [5.74, 6) is 0. The molecule has 0 aromatic heterocycles. The van der Waals surface area contributed by atoms with Gasteiger partial charge in [0.05, 0.1) is 0 Å². The Bertz CT molecular complexity index is 395. The molecule has 0 bridgehead atoms. The standard InChI is InChI=1S/C14H18N2/c1-4-6-8-13(11-15)12(3)16-10-7-9-14(16)5-2/h4-9,11,15H,1,10H2,2-3H3/b8-6-,13-12-,14-5+,15-11?. The molecule has 0 saturated carbocycles. The molecule has 2 nitrogen and oxygen atoms in total. The molecule has 0 fully saturated rings. The number of nitrogens with zero attached hydrogens (tertiary/aromatic N) is 1. The highest BCUT2D eigenvalue weighted by molar-refractivity contribution is 5.81. The summed E-state index contributed by atoms with van der Waals surface area (Å²) in [7, 11) is 0. The first-order chi connectivity index (χ1) is 7.74. The third kappa shape index (κ3) is 2.60. The fourth-order valence-electron chi connectivity index (χ4n) is 1.66. The number of hydrogen-bond acceptors (Lipinski definition) is 2. The van der Waals surface area contributed by atoms with Crippen molar-refractivity contribution < 1.29 is 0 Å². The molecule has 0 unspecified atom stereocenters. The van der Waals surface area contributed by atoms with E-state index in [9.17, 15) is 0 Å². The van der Waals surface area contributed by atoms with Crippen molar-refractivity contribution in [3.63, 3.8) is 0 Å². The van der Waals surface area contributed by atoms with Crippen LogP contribution in [0.15, 0.2) is 60.0 Å². The molecule has 0 spiro atoms. The van der Waals surface area contributed by atoms with Crippen molar-refractivity contribution in [1.29, 1.82) is 5.41 Å². The van der Waals surface area contributed by atoms with E-state index in [-0.39, 0.29) is 0 Å². The molecule has 0 saturated heterocycles. The van der Waals surface area contributed by atoms with Gasteiger partial charge in [-0.15, -0.1) is 0 Å². The van der Waals surface area contributed by atoms with Gasteiger partial charge in [-0.2, -0.15) is 0 Å². The average Bonchev–Trinajstić information content (AvgIpc) is 2.77. The molecule has 1 heterocycles. The average molecular weight is 214 g/mol. The first kappa shape index (κ1) is 12.2. The minimum Gasteiger partial charge on any atom is -0.341 e. The molecule has 1 aliphatic rings. The smallest absolute Gasteiger partial charge is 0.0412 e. The Morgan fingerprint density at radius 2 is 2.31 bits per heavy atom. The summed E-state index contributed by atoms with van der Waals surface area (Å²) in [4.78, 5) is 2.19. The third-order valence-corrected chi connectivity index (χ3v) is 2.57. The summed E-state index contributed by atoms with van der Waals surface area (Å²) in [6.07, 6.45) is 13.1. The first-order valence-corrected chi connectivity index (χ1v) is 5.35. The lowest BCUT2D eigenvalue weighted by Crippen LogP contribution is -2.17. The highest BCUT2D eigenvalue weighted by Gasteiger charge is 2.13. The molecule has 1 aliphatic heterocycles. The van der Waals surface area contributed by atoms with E-state index < -0.39 is 0 Å². The molecule has 1 rings (SSSR count). The second-order valence-corrected chi connectivity index (χ2v) is 3.51. The van der Waals surface area contributed by atoms with Gasteiger partial charge in [-0.05, 0) is 19.9 Å². The Balaban J connectivity index is 3.01. The van der Waals surface area contributed by atoms with Gasteiger partial charge in [-0.25, -0.2) is 0 Å². The van der Waals surface area contributed by atoms with Gasteiger partial charge in [0.1, 0.15) is 0 Å². The molecule has 2 heteroatoms. The van der Waals surface area contributed by atoms with Gasteiger partial charge in [-0.1, -0.05) is 37.0 Å². The molecule has 84 valence electrons. The van der Waals surface area contributed by atoms with E-state index in [2.05, 4.69) is 29.7 Å². The Kier molecular flexibility index (Phi) is 4.52. The number of allylic oxidation sites excluding steroid dienone is 7. The van der Waals surface area contributed by atoms with Crippen molar-refractivity contribution >= 4 is 6.21 Å². The van der Waals surface area contributed by atoms with E-state index in [1.165, 1.54) is 11.9 Å². The van der Waals surface area contributed by atoms with Crippen LogP contribution in [0.3, 0.4) is 0 Å². The maximum Gasteiger partial charge on any atom is 0.0412 e. The molecule has 0 aliphatic carbocycles. The maximum atomic E-state index is 7.42. The molecule has 0 aromatic rings. The van der Waals surface area contributed by atoms with Gasteiger partial charge in [-0.3, -0.25) is 0 Å². The SMILES string of the molecule is C=C/C=C\C(C=N)=C(/C)N1CC=C/C1=C\C. The summed E-state index contributed by atoms with van der Waals surface area (Å²) in [5.41, 5.74) is 3.18. The first-order valence-electron chi connectivity index (χ1n) is 5.35. The molecule has 0 radical (unpaired) electrons. The summed E-state index contributed by atoms with van der Waals surface area (Å²) in [6.45, 7) is 8.57. The Labute approximate surface area is 97.5 Å². The number of nitrogens with one attached hydrogen (secondary N) is 1. The van der Waals surface area contributed by atoms with Crippen LogP contribution in [0.4, 0.5) is 0 Å². The van der Waals surface area contributed by atoms with Crippen molar-refractivity contribution in [3.8, 4) is 0 Å². The van der Waals surface area contributed by atoms with Crippen molar-refractivity contribution in [2.75, 3.05) is 6.54 Å². The summed E-state index contributed by atoms with van der Waals surface area (Å²) >= 11 is 0. The molecule has 16 heavy (non-hydrogen) atoms. The van der Waals surface area contributed by atoms with E-state index in [1.807, 2.05) is 26.0 Å². The van der Waals surface area contributed by atoms with Crippen LogP contribution in [0.5, 0.6) is 0 Å². The van der Waals surface area contributed by atoms with Crippen molar-refractivity contribution in [2.24, 2.45) is 0 Å². The van der Waals surface area contributed by atoms with E-state index in [0.717, 1.165) is 17.8 Å². The Morgan fingerprint density at radius 3 is 2.88 bits per heavy atom. The third-order valence-electron chi connectivity index (χ3n) is 2.57. The van der Waals surface area contributed by atoms with Gasteiger partial charge < -0.3 is 10.3 Å². The van der Waals surface area contributed by atoms with Gasteiger partial charge in [0.15, 0.2) is 0 Å². The van der Waals surface area contributed by atoms with Crippen LogP contribution in [0.25, 0.3) is 0 Å². The van der Waals surface area contributed by atoms with Crippen LogP contribution in [-0.4, -0.2) is 17.7 Å². The molecule has 1 N–H and O–H groups in total. The zero-order valence-electron chi connectivity index (χ0n) is 9.90. The van der Waals surface area contributed by atoms with Crippen LogP contribution in [0.1, 0.15) is 13.8 Å². The predicted octanol–water partition coefficient (Wildman–Crippen LogP) is 3.43. The summed E-state index contributed by atoms with van der Waals surface area (Å²) < 4.78 is 0. The van der Waals surface area contributed by atoms with Crippen LogP contribution < -0.4 is 0 Å². The minimum atomic E-state index is 0.880. The fourth-order valence-corrected chi connectivity index (χ4v) is 1.66. The Hall–Kier alpha value is -1.83. The van der Waals surface area contributed by atoms with Crippen LogP contribution in [0, 0.1) is 5.41 Å². The van der Waals surface area contributed by atoms with Crippen molar-refractivity contribution in [3.05, 3.63) is 60.0 Å². The van der Waals surface area contributed by atoms with Gasteiger partial charge in [0.2, 0.25) is 0 Å². The fraction of sp³-hybridized carbons (Fsp3) is 0.214. The second kappa shape index (κ2) is 5.91. The number of hydrogen-bond donors (Lipinski definition) is 1. The molecular formula is C14H18N2. The monoisotopic (exact) mass is 214 g/mol. The predicted molar refractivity (Wildman–Crippen MR) is 70.4 cm³/mol. The van der Waals surface area contributed by atoms with E-state index in [4.69, 9.17) is 5.41 Å². The topological polar surface area (TPSA) is 27.1 Å². The highest BCUT2D eigenvalue weighted by atomic mass is 15.2. The van der Waals surface area contributed by atoms with Crippen molar-refractivity contribution in [2.45, 2.75) is 13.8 Å². The summed E-state index contributed by atoms with van der Waals surface area (Å²) in [5, 5.41) is 7.42. The molecule has 0 amide bonds. The normalized spacial score (nSPS) is 19.4. The lowest BCUT2D eigenvalue weighted by molar-refractivity contribution is 0.505. The maximum absolute atomic E-state index is 7.42. The van der Waals surface area contributed by atoms with E-state index >= 15 is 0 Å². The largest absolute Gasteiger partial charge is 0.341 e. The lowest BCUT2D eigenvalue weighted by atomic mass is 10.2. The Morgan fingerprint density at radius 1 is 1.56 bits per heavy atom.